The summed E-state index contributed by atoms with van der Waals surface area (Å²) in [6.45, 7) is 7.84. The Hall–Kier alpha value is -0.840. The summed E-state index contributed by atoms with van der Waals surface area (Å²) in [4.78, 5) is 11.8. The number of hydrogen-bond donors (Lipinski definition) is 1. The van der Waals surface area contributed by atoms with E-state index in [4.69, 9.17) is 0 Å². The summed E-state index contributed by atoms with van der Waals surface area (Å²) in [6, 6.07) is 0. The first kappa shape index (κ1) is 15.2. The van der Waals surface area contributed by atoms with E-state index in [1.165, 1.54) is 17.5 Å². The lowest BCUT2D eigenvalue weighted by molar-refractivity contribution is 0.544. The SMILES string of the molecule is CCn1ncc(NCCCCC(C)C)c(Br)c1=O. The number of hydrogen-bond acceptors (Lipinski definition) is 3. The van der Waals surface area contributed by atoms with Crippen molar-refractivity contribution in [3.63, 3.8) is 0 Å². The summed E-state index contributed by atoms with van der Waals surface area (Å²) in [6.07, 6.45) is 5.28. The molecule has 4 nitrogen and oxygen atoms in total. The second-order valence-corrected chi connectivity index (χ2v) is 5.60. The Bertz CT molecular complexity index is 429. The molecule has 5 heteroatoms. The van der Waals surface area contributed by atoms with Gasteiger partial charge in [-0.05, 0) is 35.2 Å². The molecule has 0 aromatic carbocycles. The van der Waals surface area contributed by atoms with Crippen LogP contribution in [-0.2, 0) is 6.54 Å². The van der Waals surface area contributed by atoms with Gasteiger partial charge in [0.1, 0.15) is 4.47 Å². The maximum absolute atomic E-state index is 11.8. The van der Waals surface area contributed by atoms with Crippen molar-refractivity contribution in [3.05, 3.63) is 21.0 Å². The molecular formula is C13H22BrN3O. The molecule has 0 saturated heterocycles. The van der Waals surface area contributed by atoms with Crippen molar-refractivity contribution in [2.75, 3.05) is 11.9 Å². The highest BCUT2D eigenvalue weighted by Crippen LogP contribution is 2.16. The molecule has 1 aromatic rings. The molecule has 102 valence electrons. The molecule has 1 N–H and O–H groups in total. The van der Waals surface area contributed by atoms with Gasteiger partial charge in [-0.15, -0.1) is 0 Å². The minimum atomic E-state index is -0.0790. The van der Waals surface area contributed by atoms with Crippen molar-refractivity contribution in [1.29, 1.82) is 0 Å². The predicted octanol–water partition coefficient (Wildman–Crippen LogP) is 3.26. The van der Waals surface area contributed by atoms with E-state index in [-0.39, 0.29) is 5.56 Å². The zero-order chi connectivity index (χ0) is 13.5. The summed E-state index contributed by atoms with van der Waals surface area (Å²) in [5.74, 6) is 0.756. The van der Waals surface area contributed by atoms with Gasteiger partial charge in [0.15, 0.2) is 0 Å². The molecule has 0 spiro atoms. The van der Waals surface area contributed by atoms with Gasteiger partial charge in [0.2, 0.25) is 0 Å². The minimum Gasteiger partial charge on any atom is -0.383 e. The van der Waals surface area contributed by atoms with Gasteiger partial charge < -0.3 is 5.32 Å². The van der Waals surface area contributed by atoms with Crippen molar-refractivity contribution >= 4 is 21.6 Å². The molecule has 0 radical (unpaired) electrons. The van der Waals surface area contributed by atoms with Crippen molar-refractivity contribution in [3.8, 4) is 0 Å². The Morgan fingerprint density at radius 3 is 2.78 bits per heavy atom. The number of rotatable bonds is 7. The van der Waals surface area contributed by atoms with Crippen LogP contribution in [0.5, 0.6) is 0 Å². The zero-order valence-electron chi connectivity index (χ0n) is 11.4. The second-order valence-electron chi connectivity index (χ2n) is 4.81. The first-order valence-electron chi connectivity index (χ1n) is 6.55. The molecule has 0 unspecified atom stereocenters. The van der Waals surface area contributed by atoms with Gasteiger partial charge in [-0.3, -0.25) is 4.79 Å². The van der Waals surface area contributed by atoms with E-state index in [1.807, 2.05) is 6.92 Å². The molecule has 18 heavy (non-hydrogen) atoms. The molecule has 0 atom stereocenters. The Labute approximate surface area is 117 Å². The van der Waals surface area contributed by atoms with E-state index in [1.54, 1.807) is 6.20 Å². The van der Waals surface area contributed by atoms with Crippen LogP contribution in [0.25, 0.3) is 0 Å². The molecule has 0 aliphatic carbocycles. The van der Waals surface area contributed by atoms with Gasteiger partial charge in [-0.2, -0.15) is 5.10 Å². The first-order chi connectivity index (χ1) is 8.56. The van der Waals surface area contributed by atoms with Crippen LogP contribution in [0, 0.1) is 5.92 Å². The van der Waals surface area contributed by atoms with Gasteiger partial charge in [0.25, 0.3) is 5.56 Å². The lowest BCUT2D eigenvalue weighted by Gasteiger charge is -2.10. The monoisotopic (exact) mass is 315 g/mol. The lowest BCUT2D eigenvalue weighted by atomic mass is 10.1. The third-order valence-electron chi connectivity index (χ3n) is 2.81. The topological polar surface area (TPSA) is 46.9 Å². The normalized spacial score (nSPS) is 10.9. The summed E-state index contributed by atoms with van der Waals surface area (Å²) in [5, 5.41) is 7.35. The van der Waals surface area contributed by atoms with E-state index >= 15 is 0 Å². The van der Waals surface area contributed by atoms with Crippen LogP contribution in [0.1, 0.15) is 40.0 Å². The van der Waals surface area contributed by atoms with Gasteiger partial charge in [0, 0.05) is 13.1 Å². The Morgan fingerprint density at radius 1 is 1.44 bits per heavy atom. The molecular weight excluding hydrogens is 294 g/mol. The zero-order valence-corrected chi connectivity index (χ0v) is 13.0. The largest absolute Gasteiger partial charge is 0.383 e. The summed E-state index contributed by atoms with van der Waals surface area (Å²) >= 11 is 3.33. The van der Waals surface area contributed by atoms with Gasteiger partial charge in [-0.1, -0.05) is 26.7 Å². The summed E-state index contributed by atoms with van der Waals surface area (Å²) in [7, 11) is 0. The minimum absolute atomic E-state index is 0.0790. The summed E-state index contributed by atoms with van der Waals surface area (Å²) < 4.78 is 2.01. The Balaban J connectivity index is 2.48. The van der Waals surface area contributed by atoms with Crippen LogP contribution in [0.4, 0.5) is 5.69 Å². The van der Waals surface area contributed by atoms with E-state index in [0.717, 1.165) is 24.6 Å². The fraction of sp³-hybridized carbons (Fsp3) is 0.692. The van der Waals surface area contributed by atoms with E-state index in [2.05, 4.69) is 40.2 Å². The summed E-state index contributed by atoms with van der Waals surface area (Å²) in [5.41, 5.74) is 0.707. The van der Waals surface area contributed by atoms with Crippen LogP contribution >= 0.6 is 15.9 Å². The average Bonchev–Trinajstić information content (AvgIpc) is 2.33. The maximum Gasteiger partial charge on any atom is 0.283 e. The number of anilines is 1. The standard InChI is InChI=1S/C13H22BrN3O/c1-4-17-13(18)12(14)11(9-16-17)15-8-6-5-7-10(2)3/h9-10,15H,4-8H2,1-3H3. The van der Waals surface area contributed by atoms with Crippen LogP contribution in [0.2, 0.25) is 0 Å². The maximum atomic E-state index is 11.8. The van der Waals surface area contributed by atoms with Crippen molar-refractivity contribution < 1.29 is 0 Å². The van der Waals surface area contributed by atoms with E-state index in [0.29, 0.717) is 11.0 Å². The molecule has 0 saturated carbocycles. The Morgan fingerprint density at radius 2 is 2.17 bits per heavy atom. The number of unbranched alkanes of at least 4 members (excludes halogenated alkanes) is 1. The highest BCUT2D eigenvalue weighted by molar-refractivity contribution is 9.10. The van der Waals surface area contributed by atoms with Gasteiger partial charge in [-0.25, -0.2) is 4.68 Å². The third kappa shape index (κ3) is 4.44. The Kier molecular flexibility index (Phi) is 6.39. The smallest absolute Gasteiger partial charge is 0.283 e. The van der Waals surface area contributed by atoms with E-state index < -0.39 is 0 Å². The predicted molar refractivity (Wildman–Crippen MR) is 79.0 cm³/mol. The van der Waals surface area contributed by atoms with Crippen LogP contribution in [0.15, 0.2) is 15.5 Å². The van der Waals surface area contributed by atoms with Crippen molar-refractivity contribution in [1.82, 2.24) is 9.78 Å². The number of nitrogens with one attached hydrogen (secondary N) is 1. The second kappa shape index (κ2) is 7.56. The fourth-order valence-corrected chi connectivity index (χ4v) is 2.16. The van der Waals surface area contributed by atoms with Gasteiger partial charge in [0.05, 0.1) is 11.9 Å². The van der Waals surface area contributed by atoms with Crippen LogP contribution in [0.3, 0.4) is 0 Å². The van der Waals surface area contributed by atoms with Crippen LogP contribution < -0.4 is 10.9 Å². The molecule has 0 aliphatic rings. The number of aryl methyl sites for hydroxylation is 1. The molecule has 0 fully saturated rings. The molecule has 0 amide bonds. The number of nitrogens with zero attached hydrogens (tertiary/aromatic N) is 2. The van der Waals surface area contributed by atoms with Crippen LogP contribution in [-0.4, -0.2) is 16.3 Å². The molecule has 1 aromatic heterocycles. The molecule has 1 heterocycles. The molecule has 0 aliphatic heterocycles. The molecule has 0 bridgehead atoms. The average molecular weight is 316 g/mol. The number of halogens is 1. The lowest BCUT2D eigenvalue weighted by Crippen LogP contribution is -2.23. The quantitative estimate of drug-likeness (QED) is 0.786. The third-order valence-corrected chi connectivity index (χ3v) is 3.57. The van der Waals surface area contributed by atoms with E-state index in [9.17, 15) is 4.79 Å². The highest BCUT2D eigenvalue weighted by Gasteiger charge is 2.06. The fourth-order valence-electron chi connectivity index (χ4n) is 1.71. The molecule has 1 rings (SSSR count). The van der Waals surface area contributed by atoms with Gasteiger partial charge >= 0.3 is 0 Å². The van der Waals surface area contributed by atoms with Crippen molar-refractivity contribution in [2.24, 2.45) is 5.92 Å². The highest BCUT2D eigenvalue weighted by atomic mass is 79.9. The number of aromatic nitrogens is 2. The van der Waals surface area contributed by atoms with Crippen molar-refractivity contribution in [2.45, 2.75) is 46.6 Å². The first-order valence-corrected chi connectivity index (χ1v) is 7.35.